The van der Waals surface area contributed by atoms with Crippen LogP contribution in [0.4, 0.5) is 13.2 Å². The smallest absolute Gasteiger partial charge is 0.141 e. The van der Waals surface area contributed by atoms with E-state index in [1.54, 1.807) is 0 Å². The van der Waals surface area contributed by atoms with Gasteiger partial charge in [-0.05, 0) is 42.5 Å². The summed E-state index contributed by atoms with van der Waals surface area (Å²) in [5.74, 6) is -1.38. The fourth-order valence-electron chi connectivity index (χ4n) is 0.900. The fraction of sp³-hybridized carbons (Fsp3) is 0. The van der Waals surface area contributed by atoms with Gasteiger partial charge in [0.1, 0.15) is 17.5 Å². The van der Waals surface area contributed by atoms with Crippen molar-refractivity contribution in [1.82, 2.24) is 0 Å². The second-order valence-corrected chi connectivity index (χ2v) is 3.84. The third kappa shape index (κ3) is 5.11. The molecule has 0 fully saturated rings. The van der Waals surface area contributed by atoms with Crippen molar-refractivity contribution in [3.63, 3.8) is 0 Å². The lowest BCUT2D eigenvalue weighted by molar-refractivity contribution is 0.600. The summed E-state index contributed by atoms with van der Waals surface area (Å²) >= 11 is 10.6. The average molecular weight is 279 g/mol. The zero-order chi connectivity index (χ0) is 12.8. The van der Waals surface area contributed by atoms with E-state index in [0.717, 1.165) is 18.2 Å². The van der Waals surface area contributed by atoms with Gasteiger partial charge in [-0.15, -0.1) is 0 Å². The van der Waals surface area contributed by atoms with Crippen LogP contribution in [0, 0.1) is 17.5 Å². The summed E-state index contributed by atoms with van der Waals surface area (Å²) in [6.45, 7) is 0. The molecule has 0 saturated heterocycles. The number of halogens is 5. The predicted molar refractivity (Wildman–Crippen MR) is 62.8 cm³/mol. The first-order valence-electron chi connectivity index (χ1n) is 4.50. The van der Waals surface area contributed by atoms with Gasteiger partial charge in [-0.2, -0.15) is 0 Å². The number of hydrogen-bond acceptors (Lipinski definition) is 0. The summed E-state index contributed by atoms with van der Waals surface area (Å²) in [6, 6.07) is 8.59. The van der Waals surface area contributed by atoms with Gasteiger partial charge >= 0.3 is 0 Å². The molecule has 5 heteroatoms. The largest absolute Gasteiger partial charge is 0.207 e. The molecular weight excluding hydrogens is 272 g/mol. The molecule has 0 heterocycles. The van der Waals surface area contributed by atoms with E-state index < -0.39 is 11.6 Å². The molecule has 0 N–H and O–H groups in total. The molecule has 0 aromatic heterocycles. The van der Waals surface area contributed by atoms with Crippen molar-refractivity contribution in [2.75, 3.05) is 0 Å². The maximum Gasteiger partial charge on any atom is 0.141 e. The van der Waals surface area contributed by atoms with E-state index in [4.69, 9.17) is 23.2 Å². The zero-order valence-electron chi connectivity index (χ0n) is 8.43. The fourth-order valence-corrected chi connectivity index (χ4v) is 1.19. The molecule has 2 rings (SSSR count). The van der Waals surface area contributed by atoms with Crippen molar-refractivity contribution < 1.29 is 13.2 Å². The molecule has 0 bridgehead atoms. The van der Waals surface area contributed by atoms with Crippen molar-refractivity contribution in [3.05, 3.63) is 70.0 Å². The Morgan fingerprint density at radius 2 is 1.24 bits per heavy atom. The second kappa shape index (κ2) is 6.52. The Morgan fingerprint density at radius 1 is 0.706 bits per heavy atom. The molecule has 0 aliphatic heterocycles. The maximum absolute atomic E-state index is 12.2. The van der Waals surface area contributed by atoms with E-state index in [2.05, 4.69) is 0 Å². The van der Waals surface area contributed by atoms with Crippen molar-refractivity contribution in [3.8, 4) is 0 Å². The molecule has 0 nitrogen and oxygen atoms in total. The molecule has 0 spiro atoms. The minimum atomic E-state index is -0.599. The number of benzene rings is 2. The number of hydrogen-bond donors (Lipinski definition) is 0. The van der Waals surface area contributed by atoms with E-state index in [0.29, 0.717) is 5.02 Å². The van der Waals surface area contributed by atoms with Crippen LogP contribution in [-0.4, -0.2) is 0 Å². The second-order valence-electron chi connectivity index (χ2n) is 2.99. The van der Waals surface area contributed by atoms with Crippen LogP contribution in [0.1, 0.15) is 0 Å². The van der Waals surface area contributed by atoms with Gasteiger partial charge in [0.15, 0.2) is 0 Å². The van der Waals surface area contributed by atoms with E-state index in [1.807, 2.05) is 0 Å². The molecule has 0 radical (unpaired) electrons. The topological polar surface area (TPSA) is 0 Å². The SMILES string of the molecule is Fc1ccc(Cl)cc1.Fc1ccc(F)c(Cl)c1. The number of rotatable bonds is 0. The Kier molecular flexibility index (Phi) is 5.32. The van der Waals surface area contributed by atoms with Crippen LogP contribution in [0.2, 0.25) is 10.0 Å². The Morgan fingerprint density at radius 3 is 1.65 bits per heavy atom. The standard InChI is InChI=1S/C6H3ClF2.C6H4ClF/c7-5-3-4(8)1-2-6(5)9;7-5-1-3-6(8)4-2-5/h1-3H;1-4H. The van der Waals surface area contributed by atoms with Crippen LogP contribution in [0.3, 0.4) is 0 Å². The van der Waals surface area contributed by atoms with Gasteiger partial charge in [0.25, 0.3) is 0 Å². The van der Waals surface area contributed by atoms with Gasteiger partial charge in [-0.25, -0.2) is 13.2 Å². The van der Waals surface area contributed by atoms with Crippen LogP contribution in [0.5, 0.6) is 0 Å². The van der Waals surface area contributed by atoms with Crippen molar-refractivity contribution >= 4 is 23.2 Å². The Labute approximate surface area is 107 Å². The molecule has 17 heavy (non-hydrogen) atoms. The van der Waals surface area contributed by atoms with Crippen LogP contribution in [-0.2, 0) is 0 Å². The molecular formula is C12H7Cl2F3. The molecule has 2 aromatic rings. The highest BCUT2D eigenvalue weighted by Crippen LogP contribution is 2.14. The highest BCUT2D eigenvalue weighted by molar-refractivity contribution is 6.30. The van der Waals surface area contributed by atoms with Crippen molar-refractivity contribution in [2.24, 2.45) is 0 Å². The lowest BCUT2D eigenvalue weighted by Crippen LogP contribution is -1.77. The van der Waals surface area contributed by atoms with Gasteiger partial charge in [-0.3, -0.25) is 0 Å². The molecule has 0 aliphatic carbocycles. The van der Waals surface area contributed by atoms with Crippen LogP contribution >= 0.6 is 23.2 Å². The quantitative estimate of drug-likeness (QED) is 0.589. The van der Waals surface area contributed by atoms with Crippen molar-refractivity contribution in [2.45, 2.75) is 0 Å². The lowest BCUT2D eigenvalue weighted by atomic mass is 10.3. The first kappa shape index (κ1) is 13.9. The summed E-state index contributed by atoms with van der Waals surface area (Å²) in [5.41, 5.74) is 0. The van der Waals surface area contributed by atoms with Gasteiger partial charge in [0, 0.05) is 5.02 Å². The normalized spacial score (nSPS) is 9.47. The zero-order valence-corrected chi connectivity index (χ0v) is 9.94. The molecule has 90 valence electrons. The van der Waals surface area contributed by atoms with E-state index in [-0.39, 0.29) is 10.8 Å². The Hall–Kier alpha value is -1.19. The molecule has 0 saturated carbocycles. The summed E-state index contributed by atoms with van der Waals surface area (Å²) < 4.78 is 36.3. The summed E-state index contributed by atoms with van der Waals surface area (Å²) in [5, 5.41) is 0.376. The monoisotopic (exact) mass is 278 g/mol. The maximum atomic E-state index is 12.2. The summed E-state index contributed by atoms with van der Waals surface area (Å²) in [6.07, 6.45) is 0. The van der Waals surface area contributed by atoms with E-state index >= 15 is 0 Å². The van der Waals surface area contributed by atoms with Crippen LogP contribution < -0.4 is 0 Å². The predicted octanol–water partition coefficient (Wildman–Crippen LogP) is 5.10. The summed E-state index contributed by atoms with van der Waals surface area (Å²) in [7, 11) is 0. The van der Waals surface area contributed by atoms with Crippen molar-refractivity contribution in [1.29, 1.82) is 0 Å². The summed E-state index contributed by atoms with van der Waals surface area (Å²) in [4.78, 5) is 0. The van der Waals surface area contributed by atoms with Gasteiger partial charge in [0.05, 0.1) is 5.02 Å². The third-order valence-electron chi connectivity index (χ3n) is 1.69. The van der Waals surface area contributed by atoms with Gasteiger partial charge < -0.3 is 0 Å². The first-order valence-corrected chi connectivity index (χ1v) is 5.26. The third-order valence-corrected chi connectivity index (χ3v) is 2.23. The molecule has 0 atom stereocenters. The van der Waals surface area contributed by atoms with E-state index in [9.17, 15) is 13.2 Å². The van der Waals surface area contributed by atoms with Gasteiger partial charge in [-0.1, -0.05) is 23.2 Å². The molecule has 0 aliphatic rings. The highest BCUT2D eigenvalue weighted by atomic mass is 35.5. The Bertz CT molecular complexity index is 463. The average Bonchev–Trinajstić information content (AvgIpc) is 2.29. The molecule has 0 amide bonds. The molecule has 2 aromatic carbocycles. The van der Waals surface area contributed by atoms with E-state index in [1.165, 1.54) is 24.3 Å². The van der Waals surface area contributed by atoms with Crippen LogP contribution in [0.25, 0.3) is 0 Å². The lowest BCUT2D eigenvalue weighted by Gasteiger charge is -1.90. The Balaban J connectivity index is 0.000000171. The minimum absolute atomic E-state index is 0.185. The van der Waals surface area contributed by atoms with Gasteiger partial charge in [0.2, 0.25) is 0 Å². The molecule has 0 unspecified atom stereocenters. The highest BCUT2D eigenvalue weighted by Gasteiger charge is 1.97. The minimum Gasteiger partial charge on any atom is -0.207 e. The van der Waals surface area contributed by atoms with Crippen LogP contribution in [0.15, 0.2) is 42.5 Å². The first-order chi connectivity index (χ1) is 7.99.